The Morgan fingerprint density at radius 2 is 2.17 bits per heavy atom. The summed E-state index contributed by atoms with van der Waals surface area (Å²) < 4.78 is 2.91. The minimum Gasteiger partial charge on any atom is -0.506 e. The molecule has 1 aromatic heterocycles. The van der Waals surface area contributed by atoms with Crippen molar-refractivity contribution in [2.24, 2.45) is 7.05 Å². The van der Waals surface area contributed by atoms with Crippen LogP contribution in [-0.2, 0) is 7.05 Å². The molecule has 2 aromatic rings. The van der Waals surface area contributed by atoms with Crippen LogP contribution in [-0.4, -0.2) is 9.67 Å². The second-order valence-electron chi connectivity index (χ2n) is 2.76. The Morgan fingerprint density at radius 3 is 2.83 bits per heavy atom. The lowest BCUT2D eigenvalue weighted by Crippen LogP contribution is -1.83. The first kappa shape index (κ1) is 7.68. The highest BCUT2D eigenvalue weighted by Gasteiger charge is 2.06. The molecule has 2 nitrogen and oxygen atoms in total. The quantitative estimate of drug-likeness (QED) is 0.733. The lowest BCUT2D eigenvalue weighted by Gasteiger charge is -1.97. The molecule has 1 N–H and O–H groups in total. The largest absolute Gasteiger partial charge is 0.506 e. The molecule has 0 bridgehead atoms. The summed E-state index contributed by atoms with van der Waals surface area (Å²) in [6.45, 7) is 0. The van der Waals surface area contributed by atoms with Crippen LogP contribution in [0.15, 0.2) is 28.9 Å². The molecule has 0 radical (unpaired) electrons. The van der Waals surface area contributed by atoms with Crippen molar-refractivity contribution in [3.05, 3.63) is 28.9 Å². The minimum absolute atomic E-state index is 0.320. The highest BCUT2D eigenvalue weighted by molar-refractivity contribution is 9.10. The Balaban J connectivity index is 2.99. The number of phenolic OH excluding ortho intramolecular Hbond substituents is 1. The van der Waals surface area contributed by atoms with E-state index in [1.807, 2.05) is 29.9 Å². The second kappa shape index (κ2) is 2.52. The van der Waals surface area contributed by atoms with Crippen molar-refractivity contribution in [3.63, 3.8) is 0 Å². The Bertz CT molecular complexity index is 433. The van der Waals surface area contributed by atoms with E-state index in [1.165, 1.54) is 0 Å². The summed E-state index contributed by atoms with van der Waals surface area (Å²) in [5, 5.41) is 10.6. The first-order valence-corrected chi connectivity index (χ1v) is 4.42. The van der Waals surface area contributed by atoms with Crippen LogP contribution >= 0.6 is 15.9 Å². The Morgan fingerprint density at radius 1 is 1.42 bits per heavy atom. The van der Waals surface area contributed by atoms with Gasteiger partial charge in [-0.1, -0.05) is 12.1 Å². The molecule has 0 aliphatic heterocycles. The molecular weight excluding hydrogens is 218 g/mol. The number of rotatable bonds is 0. The van der Waals surface area contributed by atoms with Gasteiger partial charge in [0.05, 0.1) is 5.52 Å². The molecule has 0 spiro atoms. The fourth-order valence-corrected chi connectivity index (χ4v) is 2.03. The van der Waals surface area contributed by atoms with E-state index in [9.17, 15) is 5.11 Å². The van der Waals surface area contributed by atoms with Crippen molar-refractivity contribution in [1.29, 1.82) is 0 Å². The van der Waals surface area contributed by atoms with Gasteiger partial charge in [0, 0.05) is 23.1 Å². The summed E-state index contributed by atoms with van der Waals surface area (Å²) in [5.41, 5.74) is 0.865. The summed E-state index contributed by atoms with van der Waals surface area (Å²) in [7, 11) is 1.91. The number of nitrogens with zero attached hydrogens (tertiary/aromatic N) is 1. The zero-order valence-electron chi connectivity index (χ0n) is 6.58. The minimum atomic E-state index is 0.320. The molecule has 0 aliphatic rings. The number of aromatic hydroxyl groups is 1. The van der Waals surface area contributed by atoms with Crippen LogP contribution in [0.2, 0.25) is 0 Å². The molecule has 0 saturated carbocycles. The molecule has 2 rings (SSSR count). The number of hydrogen-bond acceptors (Lipinski definition) is 1. The number of hydrogen-bond donors (Lipinski definition) is 1. The van der Waals surface area contributed by atoms with E-state index in [0.717, 1.165) is 15.4 Å². The molecule has 3 heteroatoms. The monoisotopic (exact) mass is 225 g/mol. The van der Waals surface area contributed by atoms with Gasteiger partial charge >= 0.3 is 0 Å². The van der Waals surface area contributed by atoms with E-state index >= 15 is 0 Å². The molecule has 0 fully saturated rings. The van der Waals surface area contributed by atoms with Gasteiger partial charge in [-0.15, -0.1) is 0 Å². The molecule has 1 aromatic carbocycles. The van der Waals surface area contributed by atoms with Crippen LogP contribution in [0.5, 0.6) is 5.75 Å². The standard InChI is InChI=1S/C9H8BrNO/c1-11-5-7(10)6-3-2-4-8(12)9(6)11/h2-5,12H,1H3. The van der Waals surface area contributed by atoms with E-state index < -0.39 is 0 Å². The predicted octanol–water partition coefficient (Wildman–Crippen LogP) is 2.65. The van der Waals surface area contributed by atoms with Gasteiger partial charge < -0.3 is 9.67 Å². The molecule has 62 valence electrons. The van der Waals surface area contributed by atoms with Crippen molar-refractivity contribution in [3.8, 4) is 5.75 Å². The maximum Gasteiger partial charge on any atom is 0.139 e. The molecule has 0 amide bonds. The lowest BCUT2D eigenvalue weighted by molar-refractivity contribution is 0.479. The number of aromatic nitrogens is 1. The van der Waals surface area contributed by atoms with Crippen molar-refractivity contribution >= 4 is 26.8 Å². The summed E-state index contributed by atoms with van der Waals surface area (Å²) >= 11 is 3.42. The molecular formula is C9H8BrNO. The van der Waals surface area contributed by atoms with Gasteiger partial charge in [-0.2, -0.15) is 0 Å². The van der Waals surface area contributed by atoms with Crippen molar-refractivity contribution in [2.45, 2.75) is 0 Å². The number of halogens is 1. The maximum atomic E-state index is 9.52. The maximum absolute atomic E-state index is 9.52. The summed E-state index contributed by atoms with van der Waals surface area (Å²) in [5.74, 6) is 0.320. The Labute approximate surface area is 78.6 Å². The zero-order chi connectivity index (χ0) is 8.72. The molecule has 0 atom stereocenters. The average Bonchev–Trinajstić information content (AvgIpc) is 2.29. The number of aryl methyl sites for hydroxylation is 1. The summed E-state index contributed by atoms with van der Waals surface area (Å²) in [6, 6.07) is 5.50. The normalized spacial score (nSPS) is 10.8. The van der Waals surface area contributed by atoms with E-state index in [4.69, 9.17) is 0 Å². The van der Waals surface area contributed by atoms with E-state index in [-0.39, 0.29) is 0 Å². The number of para-hydroxylation sites is 1. The van der Waals surface area contributed by atoms with Gasteiger partial charge in [0.25, 0.3) is 0 Å². The van der Waals surface area contributed by atoms with Crippen LogP contribution in [0.1, 0.15) is 0 Å². The van der Waals surface area contributed by atoms with Gasteiger partial charge in [0.15, 0.2) is 0 Å². The summed E-state index contributed by atoms with van der Waals surface area (Å²) in [6.07, 6.45) is 1.93. The van der Waals surface area contributed by atoms with Crippen molar-refractivity contribution in [2.75, 3.05) is 0 Å². The molecule has 12 heavy (non-hydrogen) atoms. The third kappa shape index (κ3) is 0.932. The van der Waals surface area contributed by atoms with Crippen LogP contribution < -0.4 is 0 Å². The van der Waals surface area contributed by atoms with Gasteiger partial charge in [-0.05, 0) is 22.0 Å². The van der Waals surface area contributed by atoms with E-state index in [2.05, 4.69) is 15.9 Å². The van der Waals surface area contributed by atoms with Crippen LogP contribution in [0, 0.1) is 0 Å². The van der Waals surface area contributed by atoms with Crippen LogP contribution in [0.4, 0.5) is 0 Å². The topological polar surface area (TPSA) is 25.2 Å². The van der Waals surface area contributed by atoms with Gasteiger partial charge in [-0.3, -0.25) is 0 Å². The van der Waals surface area contributed by atoms with Crippen LogP contribution in [0.3, 0.4) is 0 Å². The Kier molecular flexibility index (Phi) is 1.61. The highest BCUT2D eigenvalue weighted by atomic mass is 79.9. The molecule has 0 saturated heterocycles. The number of fused-ring (bicyclic) bond motifs is 1. The highest BCUT2D eigenvalue weighted by Crippen LogP contribution is 2.30. The van der Waals surface area contributed by atoms with Crippen LogP contribution in [0.25, 0.3) is 10.9 Å². The smallest absolute Gasteiger partial charge is 0.139 e. The SMILES string of the molecule is Cn1cc(Br)c2cccc(O)c21. The molecule has 0 unspecified atom stereocenters. The fourth-order valence-electron chi connectivity index (χ4n) is 1.40. The van der Waals surface area contributed by atoms with Crippen molar-refractivity contribution < 1.29 is 5.11 Å². The Hall–Kier alpha value is -0.960. The number of phenols is 1. The van der Waals surface area contributed by atoms with E-state index in [1.54, 1.807) is 6.07 Å². The first-order chi connectivity index (χ1) is 5.70. The zero-order valence-corrected chi connectivity index (χ0v) is 8.17. The lowest BCUT2D eigenvalue weighted by atomic mass is 10.2. The summed E-state index contributed by atoms with van der Waals surface area (Å²) in [4.78, 5) is 0. The third-order valence-corrected chi connectivity index (χ3v) is 2.56. The van der Waals surface area contributed by atoms with Crippen molar-refractivity contribution in [1.82, 2.24) is 4.57 Å². The average molecular weight is 226 g/mol. The third-order valence-electron chi connectivity index (χ3n) is 1.93. The van der Waals surface area contributed by atoms with Gasteiger partial charge in [-0.25, -0.2) is 0 Å². The fraction of sp³-hybridized carbons (Fsp3) is 0.111. The van der Waals surface area contributed by atoms with Gasteiger partial charge in [0.2, 0.25) is 0 Å². The number of benzene rings is 1. The van der Waals surface area contributed by atoms with E-state index in [0.29, 0.717) is 5.75 Å². The molecule has 0 aliphatic carbocycles. The first-order valence-electron chi connectivity index (χ1n) is 3.62. The van der Waals surface area contributed by atoms with Gasteiger partial charge in [0.1, 0.15) is 5.75 Å². The second-order valence-corrected chi connectivity index (χ2v) is 3.62. The molecule has 1 heterocycles. The predicted molar refractivity (Wildman–Crippen MR) is 52.3 cm³/mol.